The summed E-state index contributed by atoms with van der Waals surface area (Å²) < 4.78 is 0. The SMILES string of the molecule is CC(=O)NC(C)Cc1ccc(C#Cc2cccc(C(=O)N3CCC3)c2)cc1. The second-order valence-corrected chi connectivity index (χ2v) is 6.98. The van der Waals surface area contributed by atoms with E-state index >= 15 is 0 Å². The fraction of sp³-hybridized carbons (Fsp3) is 0.304. The Balaban J connectivity index is 1.65. The zero-order chi connectivity index (χ0) is 19.2. The van der Waals surface area contributed by atoms with Crippen LogP contribution >= 0.6 is 0 Å². The van der Waals surface area contributed by atoms with E-state index in [4.69, 9.17) is 0 Å². The molecule has 2 amide bonds. The summed E-state index contributed by atoms with van der Waals surface area (Å²) in [4.78, 5) is 25.2. The fourth-order valence-electron chi connectivity index (χ4n) is 3.05. The maximum Gasteiger partial charge on any atom is 0.253 e. The molecule has 1 unspecified atom stereocenters. The van der Waals surface area contributed by atoms with E-state index in [1.165, 1.54) is 6.92 Å². The molecule has 27 heavy (non-hydrogen) atoms. The Morgan fingerprint density at radius 2 is 1.78 bits per heavy atom. The largest absolute Gasteiger partial charge is 0.354 e. The van der Waals surface area contributed by atoms with Gasteiger partial charge in [-0.1, -0.05) is 30.0 Å². The van der Waals surface area contributed by atoms with Crippen molar-refractivity contribution in [2.45, 2.75) is 32.7 Å². The molecule has 0 saturated carbocycles. The van der Waals surface area contributed by atoms with Crippen LogP contribution in [0.2, 0.25) is 0 Å². The van der Waals surface area contributed by atoms with E-state index in [9.17, 15) is 9.59 Å². The summed E-state index contributed by atoms with van der Waals surface area (Å²) in [6, 6.07) is 15.6. The predicted molar refractivity (Wildman–Crippen MR) is 106 cm³/mol. The Morgan fingerprint density at radius 3 is 2.41 bits per heavy atom. The summed E-state index contributed by atoms with van der Waals surface area (Å²) in [6.45, 7) is 5.22. The number of amides is 2. The van der Waals surface area contributed by atoms with Gasteiger partial charge in [0.1, 0.15) is 0 Å². The van der Waals surface area contributed by atoms with Crippen molar-refractivity contribution in [3.8, 4) is 11.8 Å². The topological polar surface area (TPSA) is 49.4 Å². The molecular formula is C23H24N2O2. The maximum atomic E-state index is 12.3. The van der Waals surface area contributed by atoms with Crippen molar-refractivity contribution in [3.63, 3.8) is 0 Å². The van der Waals surface area contributed by atoms with Gasteiger partial charge in [0.25, 0.3) is 5.91 Å². The lowest BCUT2D eigenvalue weighted by Crippen LogP contribution is -2.42. The van der Waals surface area contributed by atoms with Gasteiger partial charge in [0.2, 0.25) is 5.91 Å². The number of benzene rings is 2. The molecule has 4 nitrogen and oxygen atoms in total. The van der Waals surface area contributed by atoms with Crippen LogP contribution in [0.1, 0.15) is 47.3 Å². The van der Waals surface area contributed by atoms with E-state index in [0.29, 0.717) is 5.56 Å². The molecule has 0 bridgehead atoms. The minimum atomic E-state index is -0.0141. The zero-order valence-corrected chi connectivity index (χ0v) is 15.8. The number of likely N-dealkylation sites (tertiary alicyclic amines) is 1. The molecule has 1 atom stereocenters. The highest BCUT2D eigenvalue weighted by molar-refractivity contribution is 5.95. The van der Waals surface area contributed by atoms with E-state index in [-0.39, 0.29) is 17.9 Å². The van der Waals surface area contributed by atoms with Crippen LogP contribution in [0, 0.1) is 11.8 Å². The van der Waals surface area contributed by atoms with Crippen molar-refractivity contribution in [3.05, 3.63) is 70.8 Å². The number of nitrogens with one attached hydrogen (secondary N) is 1. The van der Waals surface area contributed by atoms with Crippen LogP contribution in [0.15, 0.2) is 48.5 Å². The summed E-state index contributed by atoms with van der Waals surface area (Å²) in [7, 11) is 0. The molecule has 1 N–H and O–H groups in total. The Kier molecular flexibility index (Phi) is 5.93. The van der Waals surface area contributed by atoms with Crippen molar-refractivity contribution >= 4 is 11.8 Å². The number of hydrogen-bond acceptors (Lipinski definition) is 2. The summed E-state index contributed by atoms with van der Waals surface area (Å²) in [5.74, 6) is 6.36. The lowest BCUT2D eigenvalue weighted by molar-refractivity contribution is -0.119. The molecule has 2 aromatic rings. The Morgan fingerprint density at radius 1 is 1.07 bits per heavy atom. The lowest BCUT2D eigenvalue weighted by Gasteiger charge is -2.30. The second kappa shape index (κ2) is 8.55. The van der Waals surface area contributed by atoms with Crippen molar-refractivity contribution in [1.82, 2.24) is 10.2 Å². The van der Waals surface area contributed by atoms with Crippen molar-refractivity contribution in [2.75, 3.05) is 13.1 Å². The van der Waals surface area contributed by atoms with Crippen LogP contribution in [-0.4, -0.2) is 35.8 Å². The van der Waals surface area contributed by atoms with Gasteiger partial charge in [0, 0.05) is 42.7 Å². The molecule has 2 aromatic carbocycles. The van der Waals surface area contributed by atoms with Crippen molar-refractivity contribution < 1.29 is 9.59 Å². The average Bonchev–Trinajstić information content (AvgIpc) is 2.59. The Hall–Kier alpha value is -3.06. The van der Waals surface area contributed by atoms with Crippen LogP contribution in [0.3, 0.4) is 0 Å². The molecule has 1 aliphatic rings. The quantitative estimate of drug-likeness (QED) is 0.852. The maximum absolute atomic E-state index is 12.3. The fourth-order valence-corrected chi connectivity index (χ4v) is 3.05. The van der Waals surface area contributed by atoms with Gasteiger partial charge in [-0.25, -0.2) is 0 Å². The predicted octanol–water partition coefficient (Wildman–Crippen LogP) is 3.00. The number of carbonyl (C=O) groups is 2. The standard InChI is InChI=1S/C23H24N2O2/c1-17(24-18(2)26)15-21-11-8-19(9-12-21)7-10-20-5-3-6-22(16-20)23(27)25-13-4-14-25/h3,5-6,8-9,11-12,16-17H,4,13-15H2,1-2H3,(H,24,26). The van der Waals surface area contributed by atoms with E-state index in [2.05, 4.69) is 17.2 Å². The molecule has 138 valence electrons. The normalized spacial score (nSPS) is 13.8. The third-order valence-electron chi connectivity index (χ3n) is 4.55. The van der Waals surface area contributed by atoms with Crippen LogP contribution in [0.5, 0.6) is 0 Å². The highest BCUT2D eigenvalue weighted by Crippen LogP contribution is 2.14. The molecular weight excluding hydrogens is 336 g/mol. The van der Waals surface area contributed by atoms with Gasteiger partial charge in [0.05, 0.1) is 0 Å². The highest BCUT2D eigenvalue weighted by Gasteiger charge is 2.21. The number of nitrogens with zero attached hydrogens (tertiary/aromatic N) is 1. The first-order valence-corrected chi connectivity index (χ1v) is 9.28. The number of rotatable bonds is 4. The van der Waals surface area contributed by atoms with Gasteiger partial charge in [-0.05, 0) is 55.7 Å². The molecule has 1 saturated heterocycles. The van der Waals surface area contributed by atoms with Gasteiger partial charge in [-0.2, -0.15) is 0 Å². The van der Waals surface area contributed by atoms with Crippen LogP contribution in [0.4, 0.5) is 0 Å². The Labute approximate surface area is 160 Å². The van der Waals surface area contributed by atoms with Gasteiger partial charge in [-0.15, -0.1) is 0 Å². The number of hydrogen-bond donors (Lipinski definition) is 1. The van der Waals surface area contributed by atoms with Crippen LogP contribution in [0.25, 0.3) is 0 Å². The van der Waals surface area contributed by atoms with E-state index in [1.54, 1.807) is 0 Å². The summed E-state index contributed by atoms with van der Waals surface area (Å²) in [5.41, 5.74) is 3.61. The molecule has 0 aromatic heterocycles. The first-order chi connectivity index (χ1) is 13.0. The van der Waals surface area contributed by atoms with Crippen molar-refractivity contribution in [1.29, 1.82) is 0 Å². The highest BCUT2D eigenvalue weighted by atomic mass is 16.2. The molecule has 0 aliphatic carbocycles. The summed E-state index contributed by atoms with van der Waals surface area (Å²) in [5, 5.41) is 2.89. The Bertz CT molecular complexity index is 887. The van der Waals surface area contributed by atoms with Crippen LogP contribution < -0.4 is 5.32 Å². The monoisotopic (exact) mass is 360 g/mol. The van der Waals surface area contributed by atoms with Gasteiger partial charge >= 0.3 is 0 Å². The summed E-state index contributed by atoms with van der Waals surface area (Å²) >= 11 is 0. The second-order valence-electron chi connectivity index (χ2n) is 6.98. The van der Waals surface area contributed by atoms with Gasteiger partial charge in [0.15, 0.2) is 0 Å². The third kappa shape index (κ3) is 5.21. The molecule has 3 rings (SSSR count). The first-order valence-electron chi connectivity index (χ1n) is 9.28. The molecule has 0 radical (unpaired) electrons. The lowest BCUT2D eigenvalue weighted by atomic mass is 10.0. The molecule has 4 heteroatoms. The molecule has 1 aliphatic heterocycles. The summed E-state index contributed by atoms with van der Waals surface area (Å²) in [6.07, 6.45) is 1.87. The molecule has 1 heterocycles. The first kappa shape index (κ1) is 18.7. The van der Waals surface area contributed by atoms with Crippen molar-refractivity contribution in [2.24, 2.45) is 0 Å². The molecule has 1 fully saturated rings. The third-order valence-corrected chi connectivity index (χ3v) is 4.55. The van der Waals surface area contributed by atoms with Crippen LogP contribution in [-0.2, 0) is 11.2 Å². The van der Waals surface area contributed by atoms with E-state index < -0.39 is 0 Å². The molecule has 0 spiro atoms. The average molecular weight is 360 g/mol. The smallest absolute Gasteiger partial charge is 0.253 e. The van der Waals surface area contributed by atoms with E-state index in [1.807, 2.05) is 60.4 Å². The minimum absolute atomic E-state index is 0.0141. The van der Waals surface area contributed by atoms with E-state index in [0.717, 1.165) is 42.6 Å². The zero-order valence-electron chi connectivity index (χ0n) is 15.8. The minimum Gasteiger partial charge on any atom is -0.354 e. The number of carbonyl (C=O) groups excluding carboxylic acids is 2. The van der Waals surface area contributed by atoms with Gasteiger partial charge in [-0.3, -0.25) is 9.59 Å². The van der Waals surface area contributed by atoms with Gasteiger partial charge < -0.3 is 10.2 Å².